The van der Waals surface area contributed by atoms with E-state index in [-0.39, 0.29) is 0 Å². The molecule has 2 heterocycles. The standard InChI is InChI=1S/C17H14N4.C2H6/c1-11-12-7-3-4-8-13(12)16-17(21(2)20-19-16)14-9-5-6-10-15(14)18-11;1-2/h3-10,18H,1H2,2H3;1-2H3. The van der Waals surface area contributed by atoms with Gasteiger partial charge >= 0.3 is 0 Å². The van der Waals surface area contributed by atoms with Crippen LogP contribution in [0.1, 0.15) is 19.4 Å². The molecule has 4 rings (SSSR count). The summed E-state index contributed by atoms with van der Waals surface area (Å²) < 4.78 is 1.82. The Morgan fingerprint density at radius 3 is 2.26 bits per heavy atom. The van der Waals surface area contributed by atoms with Crippen LogP contribution in [0.5, 0.6) is 0 Å². The first-order chi connectivity index (χ1) is 11.3. The van der Waals surface area contributed by atoms with Gasteiger partial charge in [0.2, 0.25) is 0 Å². The number of nitrogens with one attached hydrogen (secondary N) is 1. The van der Waals surface area contributed by atoms with Gasteiger partial charge in [0, 0.05) is 35.1 Å². The van der Waals surface area contributed by atoms with E-state index in [9.17, 15) is 0 Å². The number of hydrogen-bond acceptors (Lipinski definition) is 3. The molecule has 1 aromatic heterocycles. The molecule has 23 heavy (non-hydrogen) atoms. The Balaban J connectivity index is 0.000000753. The SMILES string of the molecule is C=C1Nc2ccccc2-c2c(nnn2C)-c2ccccc21.CC. The van der Waals surface area contributed by atoms with Crippen LogP contribution in [-0.2, 0) is 7.05 Å². The number of nitrogens with zero attached hydrogens (tertiary/aromatic N) is 3. The summed E-state index contributed by atoms with van der Waals surface area (Å²) in [6, 6.07) is 16.3. The van der Waals surface area contributed by atoms with E-state index in [1.54, 1.807) is 0 Å². The Labute approximate surface area is 136 Å². The van der Waals surface area contributed by atoms with Gasteiger partial charge in [0.05, 0.1) is 5.69 Å². The van der Waals surface area contributed by atoms with E-state index in [1.165, 1.54) is 0 Å². The molecule has 0 fully saturated rings. The van der Waals surface area contributed by atoms with Gasteiger partial charge in [-0.25, -0.2) is 4.68 Å². The quantitative estimate of drug-likeness (QED) is 0.661. The number of anilines is 1. The number of aryl methyl sites for hydroxylation is 1. The fourth-order valence-electron chi connectivity index (χ4n) is 2.82. The second-order valence-corrected chi connectivity index (χ2v) is 5.10. The number of benzene rings is 2. The minimum atomic E-state index is 0.870. The molecule has 0 saturated carbocycles. The van der Waals surface area contributed by atoms with Crippen molar-refractivity contribution in [2.24, 2.45) is 7.05 Å². The molecule has 3 aromatic rings. The first-order valence-electron chi connectivity index (χ1n) is 7.80. The van der Waals surface area contributed by atoms with Gasteiger partial charge in [0.15, 0.2) is 0 Å². The van der Waals surface area contributed by atoms with Crippen LogP contribution >= 0.6 is 0 Å². The summed E-state index contributed by atoms with van der Waals surface area (Å²) in [5.74, 6) is 0. The second-order valence-electron chi connectivity index (χ2n) is 5.10. The fourth-order valence-corrected chi connectivity index (χ4v) is 2.82. The normalized spacial score (nSPS) is 11.7. The zero-order valence-corrected chi connectivity index (χ0v) is 13.7. The van der Waals surface area contributed by atoms with Gasteiger partial charge in [0.25, 0.3) is 0 Å². The summed E-state index contributed by atoms with van der Waals surface area (Å²) in [7, 11) is 1.92. The maximum Gasteiger partial charge on any atom is 0.121 e. The Kier molecular flexibility index (Phi) is 3.98. The van der Waals surface area contributed by atoms with E-state index in [1.807, 2.05) is 55.9 Å². The molecule has 0 unspecified atom stereocenters. The molecule has 4 heteroatoms. The minimum Gasteiger partial charge on any atom is -0.355 e. The number of rotatable bonds is 0. The fraction of sp³-hybridized carbons (Fsp3) is 0.158. The zero-order chi connectivity index (χ0) is 16.4. The van der Waals surface area contributed by atoms with Crippen molar-refractivity contribution in [1.82, 2.24) is 15.0 Å². The summed E-state index contributed by atoms with van der Waals surface area (Å²) in [5, 5.41) is 12.0. The summed E-state index contributed by atoms with van der Waals surface area (Å²) in [6.45, 7) is 8.17. The molecule has 1 N–H and O–H groups in total. The molecule has 1 aliphatic rings. The average Bonchev–Trinajstić information content (AvgIpc) is 2.97. The predicted molar refractivity (Wildman–Crippen MR) is 95.9 cm³/mol. The van der Waals surface area contributed by atoms with Gasteiger partial charge in [-0.05, 0) is 6.07 Å². The van der Waals surface area contributed by atoms with E-state index in [0.717, 1.165) is 39.5 Å². The lowest BCUT2D eigenvalue weighted by Crippen LogP contribution is -2.05. The van der Waals surface area contributed by atoms with Crippen molar-refractivity contribution < 1.29 is 0 Å². The van der Waals surface area contributed by atoms with Crippen molar-refractivity contribution in [2.75, 3.05) is 5.32 Å². The molecular formula is C19H20N4. The van der Waals surface area contributed by atoms with E-state index < -0.39 is 0 Å². The van der Waals surface area contributed by atoms with Gasteiger partial charge in [-0.2, -0.15) is 0 Å². The van der Waals surface area contributed by atoms with Gasteiger partial charge in [0.1, 0.15) is 5.69 Å². The van der Waals surface area contributed by atoms with E-state index in [0.29, 0.717) is 0 Å². The maximum absolute atomic E-state index is 4.38. The lowest BCUT2D eigenvalue weighted by molar-refractivity contribution is 0.721. The lowest BCUT2D eigenvalue weighted by Gasteiger charge is -2.20. The molecule has 0 atom stereocenters. The molecule has 116 valence electrons. The number of hydrogen-bond donors (Lipinski definition) is 1. The van der Waals surface area contributed by atoms with Crippen LogP contribution in [-0.4, -0.2) is 15.0 Å². The predicted octanol–water partition coefficient (Wildman–Crippen LogP) is 4.57. The highest BCUT2D eigenvalue weighted by atomic mass is 15.4. The molecule has 0 spiro atoms. The molecule has 0 bridgehead atoms. The highest BCUT2D eigenvalue weighted by Gasteiger charge is 2.23. The first-order valence-corrected chi connectivity index (χ1v) is 7.80. The van der Waals surface area contributed by atoms with E-state index in [2.05, 4.69) is 40.4 Å². The lowest BCUT2D eigenvalue weighted by atomic mass is 9.95. The van der Waals surface area contributed by atoms with Crippen LogP contribution in [0.3, 0.4) is 0 Å². The molecule has 4 nitrogen and oxygen atoms in total. The van der Waals surface area contributed by atoms with Crippen molar-refractivity contribution in [1.29, 1.82) is 0 Å². The summed E-state index contributed by atoms with van der Waals surface area (Å²) >= 11 is 0. The molecule has 0 saturated heterocycles. The van der Waals surface area contributed by atoms with Gasteiger partial charge in [-0.15, -0.1) is 5.10 Å². The van der Waals surface area contributed by atoms with Gasteiger partial charge in [-0.3, -0.25) is 0 Å². The van der Waals surface area contributed by atoms with Crippen LogP contribution in [0.4, 0.5) is 5.69 Å². The minimum absolute atomic E-state index is 0.870. The number of para-hydroxylation sites is 1. The summed E-state index contributed by atoms with van der Waals surface area (Å²) in [4.78, 5) is 0. The highest BCUT2D eigenvalue weighted by Crippen LogP contribution is 2.40. The number of aromatic nitrogens is 3. The maximum atomic E-state index is 4.38. The third-order valence-electron chi connectivity index (χ3n) is 3.80. The monoisotopic (exact) mass is 304 g/mol. The molecule has 0 amide bonds. The van der Waals surface area contributed by atoms with Crippen molar-refractivity contribution in [3.63, 3.8) is 0 Å². The Hall–Kier alpha value is -2.88. The van der Waals surface area contributed by atoms with Gasteiger partial charge in [-0.1, -0.05) is 68.1 Å². The Morgan fingerprint density at radius 2 is 1.52 bits per heavy atom. The molecule has 2 aromatic carbocycles. The molecule has 1 aliphatic heterocycles. The Bertz CT molecular complexity index is 861. The van der Waals surface area contributed by atoms with Crippen LogP contribution < -0.4 is 5.32 Å². The highest BCUT2D eigenvalue weighted by molar-refractivity contribution is 5.96. The molecule has 0 radical (unpaired) electrons. The summed E-state index contributed by atoms with van der Waals surface area (Å²) in [5.41, 5.74) is 6.97. The third kappa shape index (κ3) is 2.42. The first kappa shape index (κ1) is 15.0. The van der Waals surface area contributed by atoms with Crippen molar-refractivity contribution in [3.05, 3.63) is 60.7 Å². The van der Waals surface area contributed by atoms with E-state index in [4.69, 9.17) is 0 Å². The smallest absolute Gasteiger partial charge is 0.121 e. The number of fused-ring (bicyclic) bond motifs is 5. The third-order valence-corrected chi connectivity index (χ3v) is 3.80. The van der Waals surface area contributed by atoms with Crippen molar-refractivity contribution in [2.45, 2.75) is 13.8 Å². The van der Waals surface area contributed by atoms with Crippen LogP contribution in [0.2, 0.25) is 0 Å². The second kappa shape index (κ2) is 6.08. The average molecular weight is 304 g/mol. The van der Waals surface area contributed by atoms with Crippen LogP contribution in [0.25, 0.3) is 28.2 Å². The zero-order valence-electron chi connectivity index (χ0n) is 13.7. The summed E-state index contributed by atoms with van der Waals surface area (Å²) in [6.07, 6.45) is 0. The van der Waals surface area contributed by atoms with Crippen molar-refractivity contribution in [3.8, 4) is 22.5 Å². The van der Waals surface area contributed by atoms with Gasteiger partial charge < -0.3 is 5.32 Å². The Morgan fingerprint density at radius 1 is 0.913 bits per heavy atom. The van der Waals surface area contributed by atoms with E-state index >= 15 is 0 Å². The van der Waals surface area contributed by atoms with Crippen LogP contribution in [0, 0.1) is 0 Å². The molecular weight excluding hydrogens is 284 g/mol. The molecule has 0 aliphatic carbocycles. The topological polar surface area (TPSA) is 42.7 Å². The van der Waals surface area contributed by atoms with Crippen molar-refractivity contribution >= 4 is 11.4 Å². The largest absolute Gasteiger partial charge is 0.355 e. The van der Waals surface area contributed by atoms with Crippen LogP contribution in [0.15, 0.2) is 55.1 Å².